The van der Waals surface area contributed by atoms with Gasteiger partial charge in [0.15, 0.2) is 0 Å². The van der Waals surface area contributed by atoms with E-state index in [0.29, 0.717) is 12.1 Å². The van der Waals surface area contributed by atoms with Gasteiger partial charge in [-0.2, -0.15) is 5.10 Å². The number of nitrogens with one attached hydrogen (secondary N) is 1. The maximum Gasteiger partial charge on any atom is 0.0834 e. The molecule has 1 aliphatic rings. The van der Waals surface area contributed by atoms with E-state index in [4.69, 9.17) is 11.6 Å². The van der Waals surface area contributed by atoms with Crippen molar-refractivity contribution in [1.82, 2.24) is 15.1 Å². The minimum absolute atomic E-state index is 0.363. The zero-order chi connectivity index (χ0) is 12.4. The predicted molar refractivity (Wildman–Crippen MR) is 71.4 cm³/mol. The van der Waals surface area contributed by atoms with Crippen molar-refractivity contribution in [3.05, 3.63) is 16.9 Å². The van der Waals surface area contributed by atoms with Crippen molar-refractivity contribution in [3.8, 4) is 0 Å². The van der Waals surface area contributed by atoms with Crippen LogP contribution in [0.3, 0.4) is 0 Å². The summed E-state index contributed by atoms with van der Waals surface area (Å²) in [5.41, 5.74) is 1.18. The van der Waals surface area contributed by atoms with Gasteiger partial charge in [0, 0.05) is 6.04 Å². The van der Waals surface area contributed by atoms with Gasteiger partial charge < -0.3 is 5.32 Å². The van der Waals surface area contributed by atoms with Gasteiger partial charge in [0.25, 0.3) is 0 Å². The molecule has 0 spiro atoms. The van der Waals surface area contributed by atoms with Gasteiger partial charge in [-0.1, -0.05) is 18.5 Å². The maximum absolute atomic E-state index is 6.31. The van der Waals surface area contributed by atoms with Crippen LogP contribution in [0.2, 0.25) is 5.02 Å². The second kappa shape index (κ2) is 5.40. The van der Waals surface area contributed by atoms with E-state index >= 15 is 0 Å². The van der Waals surface area contributed by atoms with Gasteiger partial charge in [0.2, 0.25) is 0 Å². The van der Waals surface area contributed by atoms with E-state index in [1.54, 1.807) is 6.20 Å². The van der Waals surface area contributed by atoms with E-state index in [-0.39, 0.29) is 0 Å². The van der Waals surface area contributed by atoms with Crippen LogP contribution in [0.25, 0.3) is 0 Å². The topological polar surface area (TPSA) is 29.9 Å². The maximum atomic E-state index is 6.31. The molecular formula is C13H22ClN3. The fourth-order valence-electron chi connectivity index (χ4n) is 2.27. The molecule has 1 atom stereocenters. The molecule has 2 rings (SSSR count). The first-order valence-corrected chi connectivity index (χ1v) is 6.99. The molecule has 1 aromatic rings. The van der Waals surface area contributed by atoms with Crippen LogP contribution in [0.15, 0.2) is 6.20 Å². The summed E-state index contributed by atoms with van der Waals surface area (Å²) < 4.78 is 2.06. The van der Waals surface area contributed by atoms with Gasteiger partial charge in [-0.3, -0.25) is 4.68 Å². The Hall–Kier alpha value is -0.540. The fraction of sp³-hybridized carbons (Fsp3) is 0.769. The highest BCUT2D eigenvalue weighted by molar-refractivity contribution is 6.31. The molecule has 96 valence electrons. The second-order valence-corrected chi connectivity index (χ2v) is 5.59. The van der Waals surface area contributed by atoms with Crippen molar-refractivity contribution < 1.29 is 0 Å². The van der Waals surface area contributed by atoms with Gasteiger partial charge in [-0.15, -0.1) is 0 Å². The Bertz CT molecular complexity index is 369. The Labute approximate surface area is 109 Å². The Morgan fingerprint density at radius 2 is 2.24 bits per heavy atom. The van der Waals surface area contributed by atoms with Crippen LogP contribution < -0.4 is 5.32 Å². The van der Waals surface area contributed by atoms with Crippen LogP contribution in [0, 0.1) is 5.92 Å². The predicted octanol–water partition coefficient (Wildman–Crippen LogP) is 3.57. The highest BCUT2D eigenvalue weighted by atomic mass is 35.5. The summed E-state index contributed by atoms with van der Waals surface area (Å²) in [6.07, 6.45) is 5.54. The van der Waals surface area contributed by atoms with Crippen molar-refractivity contribution in [2.24, 2.45) is 5.92 Å². The molecule has 0 aromatic carbocycles. The number of hydrogen-bond donors (Lipinski definition) is 1. The summed E-state index contributed by atoms with van der Waals surface area (Å²) >= 11 is 6.31. The summed E-state index contributed by atoms with van der Waals surface area (Å²) in [4.78, 5) is 0. The van der Waals surface area contributed by atoms with Crippen molar-refractivity contribution in [3.63, 3.8) is 0 Å². The van der Waals surface area contributed by atoms with E-state index in [1.807, 2.05) is 0 Å². The van der Waals surface area contributed by atoms with Crippen molar-refractivity contribution >= 4 is 11.6 Å². The SMILES string of the molecule is CCCNC(c1c(Cl)cnn1C(C)C)C1CC1. The van der Waals surface area contributed by atoms with Crippen molar-refractivity contribution in [2.45, 2.75) is 52.1 Å². The minimum atomic E-state index is 0.363. The normalized spacial score (nSPS) is 17.7. The number of hydrogen-bond acceptors (Lipinski definition) is 2. The van der Waals surface area contributed by atoms with E-state index < -0.39 is 0 Å². The summed E-state index contributed by atoms with van der Waals surface area (Å²) in [6.45, 7) is 7.53. The molecule has 1 N–H and O–H groups in total. The third kappa shape index (κ3) is 2.83. The number of nitrogens with zero attached hydrogens (tertiary/aromatic N) is 2. The molecule has 1 aromatic heterocycles. The standard InChI is InChI=1S/C13H22ClN3/c1-4-7-15-12(10-5-6-10)13-11(14)8-16-17(13)9(2)3/h8-10,12,15H,4-7H2,1-3H3. The lowest BCUT2D eigenvalue weighted by molar-refractivity contribution is 0.415. The largest absolute Gasteiger partial charge is 0.308 e. The Kier molecular flexibility index (Phi) is 4.10. The first kappa shape index (κ1) is 12.9. The van der Waals surface area contributed by atoms with Crippen LogP contribution in [0.4, 0.5) is 0 Å². The van der Waals surface area contributed by atoms with Crippen molar-refractivity contribution in [2.75, 3.05) is 6.54 Å². The van der Waals surface area contributed by atoms with Crippen molar-refractivity contribution in [1.29, 1.82) is 0 Å². The Morgan fingerprint density at radius 3 is 2.76 bits per heavy atom. The number of aromatic nitrogens is 2. The molecule has 4 heteroatoms. The Balaban J connectivity index is 2.24. The average Bonchev–Trinajstić information content (AvgIpc) is 3.04. The van der Waals surface area contributed by atoms with Crippen LogP contribution in [-0.2, 0) is 0 Å². The third-order valence-corrected chi connectivity index (χ3v) is 3.57. The van der Waals surface area contributed by atoms with E-state index in [2.05, 4.69) is 35.9 Å². The molecule has 1 heterocycles. The number of rotatable bonds is 6. The van der Waals surface area contributed by atoms with E-state index in [9.17, 15) is 0 Å². The third-order valence-electron chi connectivity index (χ3n) is 3.28. The van der Waals surface area contributed by atoms with Crippen LogP contribution in [-0.4, -0.2) is 16.3 Å². The monoisotopic (exact) mass is 255 g/mol. The van der Waals surface area contributed by atoms with Gasteiger partial charge in [0.1, 0.15) is 0 Å². The average molecular weight is 256 g/mol. The van der Waals surface area contributed by atoms with Gasteiger partial charge in [-0.25, -0.2) is 0 Å². The van der Waals surface area contributed by atoms with E-state index in [1.165, 1.54) is 18.5 Å². The zero-order valence-corrected chi connectivity index (χ0v) is 11.7. The Morgan fingerprint density at radius 1 is 1.53 bits per heavy atom. The molecule has 0 radical (unpaired) electrons. The fourth-order valence-corrected chi connectivity index (χ4v) is 2.52. The molecule has 1 fully saturated rings. The molecule has 3 nitrogen and oxygen atoms in total. The lowest BCUT2D eigenvalue weighted by Gasteiger charge is -2.21. The lowest BCUT2D eigenvalue weighted by atomic mass is 10.1. The molecule has 0 bridgehead atoms. The smallest absolute Gasteiger partial charge is 0.0834 e. The van der Waals surface area contributed by atoms with Crippen LogP contribution >= 0.6 is 11.6 Å². The van der Waals surface area contributed by atoms with Gasteiger partial charge >= 0.3 is 0 Å². The molecule has 1 unspecified atom stereocenters. The van der Waals surface area contributed by atoms with Crippen LogP contribution in [0.1, 0.15) is 57.8 Å². The molecule has 0 saturated heterocycles. The number of halogens is 1. The summed E-state index contributed by atoms with van der Waals surface area (Å²) in [5.74, 6) is 0.744. The molecule has 0 amide bonds. The van der Waals surface area contributed by atoms with E-state index in [0.717, 1.165) is 23.9 Å². The summed E-state index contributed by atoms with van der Waals surface area (Å²) in [6, 6.07) is 0.745. The minimum Gasteiger partial charge on any atom is -0.308 e. The molecule has 17 heavy (non-hydrogen) atoms. The molecule has 1 aliphatic carbocycles. The molecule has 0 aliphatic heterocycles. The molecular weight excluding hydrogens is 234 g/mol. The zero-order valence-electron chi connectivity index (χ0n) is 10.9. The first-order valence-electron chi connectivity index (χ1n) is 6.61. The first-order chi connectivity index (χ1) is 8.15. The highest BCUT2D eigenvalue weighted by Gasteiger charge is 2.35. The summed E-state index contributed by atoms with van der Waals surface area (Å²) in [7, 11) is 0. The summed E-state index contributed by atoms with van der Waals surface area (Å²) in [5, 5.41) is 8.83. The quantitative estimate of drug-likeness (QED) is 0.842. The molecule has 1 saturated carbocycles. The van der Waals surface area contributed by atoms with Crippen LogP contribution in [0.5, 0.6) is 0 Å². The lowest BCUT2D eigenvalue weighted by Crippen LogP contribution is -2.27. The van der Waals surface area contributed by atoms with Gasteiger partial charge in [0.05, 0.1) is 23.0 Å². The second-order valence-electron chi connectivity index (χ2n) is 5.19. The van der Waals surface area contributed by atoms with Gasteiger partial charge in [-0.05, 0) is 45.6 Å². The highest BCUT2D eigenvalue weighted by Crippen LogP contribution is 2.43.